The Kier molecular flexibility index (Phi) is 3.62. The van der Waals surface area contributed by atoms with Crippen LogP contribution in [0.5, 0.6) is 0 Å². The quantitative estimate of drug-likeness (QED) is 0.644. The summed E-state index contributed by atoms with van der Waals surface area (Å²) in [6.45, 7) is 1.79. The molecule has 7 nitrogen and oxygen atoms in total. The number of nitro benzene ring substituents is 1. The van der Waals surface area contributed by atoms with E-state index in [2.05, 4.69) is 4.98 Å². The first kappa shape index (κ1) is 14.2. The van der Waals surface area contributed by atoms with Gasteiger partial charge in [-0.2, -0.15) is 0 Å². The van der Waals surface area contributed by atoms with E-state index >= 15 is 0 Å². The molecule has 1 aromatic heterocycles. The molecule has 0 spiro atoms. The fraction of sp³-hybridized carbons (Fsp3) is 0.333. The lowest BCUT2D eigenvalue weighted by molar-refractivity contribution is -0.384. The molecule has 1 atom stereocenters. The van der Waals surface area contributed by atoms with E-state index in [1.54, 1.807) is 30.4 Å². The summed E-state index contributed by atoms with van der Waals surface area (Å²) in [5.41, 5.74) is 1.59. The smallest absolute Gasteiger partial charge is 0.271 e. The maximum Gasteiger partial charge on any atom is 0.271 e. The number of non-ortho nitro benzene ring substituents is 1. The first-order valence-electron chi connectivity index (χ1n) is 7.18. The van der Waals surface area contributed by atoms with Gasteiger partial charge in [-0.15, -0.1) is 0 Å². The molecule has 3 rings (SSSR count). The number of nitro groups is 1. The summed E-state index contributed by atoms with van der Waals surface area (Å²) in [5.74, 6) is -0.0554. The Labute approximate surface area is 127 Å². The molecule has 0 N–H and O–H groups in total. The lowest BCUT2D eigenvalue weighted by Crippen LogP contribution is -2.40. The third-order valence-corrected chi connectivity index (χ3v) is 3.95. The normalized spacial score (nSPS) is 17.1. The van der Waals surface area contributed by atoms with E-state index in [4.69, 9.17) is 0 Å². The van der Waals surface area contributed by atoms with Crippen LogP contribution in [0.2, 0.25) is 0 Å². The predicted molar refractivity (Wildman–Crippen MR) is 80.5 cm³/mol. The average molecular weight is 300 g/mol. The van der Waals surface area contributed by atoms with Crippen LogP contribution in [0.3, 0.4) is 0 Å². The number of imidazole rings is 1. The lowest BCUT2D eigenvalue weighted by Gasteiger charge is -2.37. The van der Waals surface area contributed by atoms with Crippen molar-refractivity contribution in [2.24, 2.45) is 0 Å². The molecular weight excluding hydrogens is 284 g/mol. The number of hydrogen-bond acceptors (Lipinski definition) is 4. The van der Waals surface area contributed by atoms with Crippen LogP contribution in [0, 0.1) is 10.1 Å². The van der Waals surface area contributed by atoms with Crippen LogP contribution in [0.25, 0.3) is 0 Å². The fourth-order valence-electron chi connectivity index (χ4n) is 2.87. The molecule has 1 unspecified atom stereocenters. The van der Waals surface area contributed by atoms with Crippen LogP contribution >= 0.6 is 0 Å². The van der Waals surface area contributed by atoms with Gasteiger partial charge in [0.25, 0.3) is 5.69 Å². The van der Waals surface area contributed by atoms with E-state index in [1.807, 2.05) is 10.8 Å². The molecule has 2 heterocycles. The molecule has 114 valence electrons. The molecule has 1 aliphatic rings. The lowest BCUT2D eigenvalue weighted by atomic mass is 9.98. The van der Waals surface area contributed by atoms with Crippen molar-refractivity contribution in [1.82, 2.24) is 9.55 Å². The molecule has 0 radical (unpaired) electrons. The van der Waals surface area contributed by atoms with E-state index in [-0.39, 0.29) is 17.8 Å². The molecule has 0 aliphatic carbocycles. The van der Waals surface area contributed by atoms with Crippen LogP contribution in [-0.2, 0) is 11.2 Å². The Morgan fingerprint density at radius 1 is 1.50 bits per heavy atom. The summed E-state index contributed by atoms with van der Waals surface area (Å²) in [5, 5.41) is 11.0. The number of rotatable bonds is 3. The van der Waals surface area contributed by atoms with Gasteiger partial charge in [-0.3, -0.25) is 19.8 Å². The predicted octanol–water partition coefficient (Wildman–Crippen LogP) is 2.68. The Bertz CT molecular complexity index is 712. The molecule has 1 aromatic carbocycles. The number of benzene rings is 1. The first-order chi connectivity index (χ1) is 10.6. The number of hydrogen-bond donors (Lipinski definition) is 0. The highest BCUT2D eigenvalue weighted by Gasteiger charge is 2.32. The van der Waals surface area contributed by atoms with Crippen molar-refractivity contribution in [2.45, 2.75) is 32.4 Å². The summed E-state index contributed by atoms with van der Waals surface area (Å²) >= 11 is 0. The standard InChI is InChI=1S/C15H16N4O3/c1-2-15(20)18-13-9-12(19(21)22)5-3-11(13)4-6-14(18)17-8-7-16-10-17/h3,5,7-10,14H,2,4,6H2,1H3. The van der Waals surface area contributed by atoms with Crippen molar-refractivity contribution in [3.8, 4) is 0 Å². The Balaban J connectivity index is 2.10. The summed E-state index contributed by atoms with van der Waals surface area (Å²) < 4.78 is 1.87. The number of fused-ring (bicyclic) bond motifs is 1. The van der Waals surface area contributed by atoms with Crippen molar-refractivity contribution in [3.63, 3.8) is 0 Å². The fourth-order valence-corrected chi connectivity index (χ4v) is 2.87. The van der Waals surface area contributed by atoms with Gasteiger partial charge in [0, 0.05) is 30.9 Å². The number of carbonyl (C=O) groups is 1. The molecule has 1 aliphatic heterocycles. The summed E-state index contributed by atoms with van der Waals surface area (Å²) in [7, 11) is 0. The minimum atomic E-state index is -0.435. The second-order valence-electron chi connectivity index (χ2n) is 5.22. The van der Waals surface area contributed by atoms with Crippen LogP contribution in [0.15, 0.2) is 36.9 Å². The van der Waals surface area contributed by atoms with Crippen LogP contribution < -0.4 is 4.90 Å². The third kappa shape index (κ3) is 2.34. The Morgan fingerprint density at radius 3 is 2.95 bits per heavy atom. The Morgan fingerprint density at radius 2 is 2.32 bits per heavy atom. The minimum absolute atomic E-state index is 0.000987. The molecule has 0 saturated carbocycles. The topological polar surface area (TPSA) is 81.3 Å². The molecule has 0 saturated heterocycles. The monoisotopic (exact) mass is 300 g/mol. The highest BCUT2D eigenvalue weighted by Crippen LogP contribution is 2.38. The van der Waals surface area contributed by atoms with Crippen molar-refractivity contribution in [1.29, 1.82) is 0 Å². The van der Waals surface area contributed by atoms with Crippen LogP contribution in [0.4, 0.5) is 11.4 Å². The van der Waals surface area contributed by atoms with Gasteiger partial charge in [-0.05, 0) is 18.4 Å². The zero-order valence-corrected chi connectivity index (χ0v) is 12.2. The molecular formula is C15H16N4O3. The van der Waals surface area contributed by atoms with Gasteiger partial charge in [-0.25, -0.2) is 4.98 Å². The maximum absolute atomic E-state index is 12.4. The SMILES string of the molecule is CCC(=O)N1c2cc([N+](=O)[O-])ccc2CCC1n1ccnc1. The number of aryl methyl sites for hydroxylation is 1. The van der Waals surface area contributed by atoms with Crippen LogP contribution in [0.1, 0.15) is 31.5 Å². The summed E-state index contributed by atoms with van der Waals surface area (Å²) in [6, 6.07) is 4.73. The number of carbonyl (C=O) groups excluding carboxylic acids is 1. The first-order valence-corrected chi connectivity index (χ1v) is 7.18. The van der Waals surface area contributed by atoms with Gasteiger partial charge in [0.05, 0.1) is 16.9 Å². The minimum Gasteiger partial charge on any atom is -0.316 e. The number of amides is 1. The zero-order valence-electron chi connectivity index (χ0n) is 12.2. The highest BCUT2D eigenvalue weighted by atomic mass is 16.6. The molecule has 0 bridgehead atoms. The van der Waals surface area contributed by atoms with E-state index < -0.39 is 4.92 Å². The van der Waals surface area contributed by atoms with Crippen molar-refractivity contribution >= 4 is 17.3 Å². The zero-order chi connectivity index (χ0) is 15.7. The molecule has 22 heavy (non-hydrogen) atoms. The third-order valence-electron chi connectivity index (χ3n) is 3.95. The van der Waals surface area contributed by atoms with E-state index in [0.29, 0.717) is 12.1 Å². The summed E-state index contributed by atoms with van der Waals surface area (Å²) in [6.07, 6.45) is 6.82. The van der Waals surface area contributed by atoms with Gasteiger partial charge < -0.3 is 4.57 Å². The van der Waals surface area contributed by atoms with Gasteiger partial charge in [0.15, 0.2) is 0 Å². The van der Waals surface area contributed by atoms with Crippen molar-refractivity contribution < 1.29 is 9.72 Å². The summed E-state index contributed by atoms with van der Waals surface area (Å²) in [4.78, 5) is 28.7. The van der Waals surface area contributed by atoms with Gasteiger partial charge in [-0.1, -0.05) is 13.0 Å². The van der Waals surface area contributed by atoms with E-state index in [0.717, 1.165) is 18.4 Å². The highest BCUT2D eigenvalue weighted by molar-refractivity contribution is 5.95. The molecule has 7 heteroatoms. The largest absolute Gasteiger partial charge is 0.316 e. The number of aromatic nitrogens is 2. The van der Waals surface area contributed by atoms with E-state index in [1.165, 1.54) is 12.1 Å². The number of nitrogens with zero attached hydrogens (tertiary/aromatic N) is 4. The average Bonchev–Trinajstić information content (AvgIpc) is 3.06. The van der Waals surface area contributed by atoms with Crippen LogP contribution in [-0.4, -0.2) is 20.4 Å². The second kappa shape index (κ2) is 5.59. The van der Waals surface area contributed by atoms with Gasteiger partial charge in [0.1, 0.15) is 6.17 Å². The van der Waals surface area contributed by atoms with Crippen molar-refractivity contribution in [3.05, 3.63) is 52.6 Å². The number of anilines is 1. The molecule has 1 amide bonds. The second-order valence-corrected chi connectivity index (χ2v) is 5.22. The van der Waals surface area contributed by atoms with Gasteiger partial charge in [0.2, 0.25) is 5.91 Å². The van der Waals surface area contributed by atoms with Crippen molar-refractivity contribution in [2.75, 3.05) is 4.90 Å². The van der Waals surface area contributed by atoms with E-state index in [9.17, 15) is 14.9 Å². The van der Waals surface area contributed by atoms with Gasteiger partial charge >= 0.3 is 0 Å². The maximum atomic E-state index is 12.4. The Hall–Kier alpha value is -2.70. The molecule has 0 fully saturated rings. The molecule has 2 aromatic rings.